The monoisotopic (exact) mass is 292 g/mol. The molecular weight excluding hydrogens is 281 g/mol. The highest BCUT2D eigenvalue weighted by Crippen LogP contribution is 2.24. The summed E-state index contributed by atoms with van der Waals surface area (Å²) >= 11 is 0. The SMILES string of the molecule is CN(C)c1ccc2[nH]c(-c3cc(F)c(F)c(F)c3)nc2n1. The molecule has 0 saturated heterocycles. The van der Waals surface area contributed by atoms with E-state index in [1.165, 1.54) is 0 Å². The van der Waals surface area contributed by atoms with Crippen LogP contribution in [0.25, 0.3) is 22.6 Å². The van der Waals surface area contributed by atoms with Crippen molar-refractivity contribution in [3.05, 3.63) is 41.7 Å². The molecule has 0 unspecified atom stereocenters. The molecule has 0 atom stereocenters. The number of nitrogens with one attached hydrogen (secondary N) is 1. The molecule has 0 aliphatic rings. The zero-order valence-electron chi connectivity index (χ0n) is 11.3. The van der Waals surface area contributed by atoms with E-state index in [2.05, 4.69) is 15.0 Å². The van der Waals surface area contributed by atoms with Gasteiger partial charge in [-0.3, -0.25) is 0 Å². The van der Waals surface area contributed by atoms with Crippen molar-refractivity contribution in [3.8, 4) is 11.4 Å². The lowest BCUT2D eigenvalue weighted by molar-refractivity contribution is 0.447. The average Bonchev–Trinajstić information content (AvgIpc) is 2.86. The Labute approximate surface area is 118 Å². The van der Waals surface area contributed by atoms with Gasteiger partial charge in [-0.25, -0.2) is 23.1 Å². The van der Waals surface area contributed by atoms with Crippen LogP contribution in [0.5, 0.6) is 0 Å². The van der Waals surface area contributed by atoms with Crippen LogP contribution < -0.4 is 4.90 Å². The maximum atomic E-state index is 13.3. The van der Waals surface area contributed by atoms with Gasteiger partial charge in [0.05, 0.1) is 5.52 Å². The summed E-state index contributed by atoms with van der Waals surface area (Å²) in [4.78, 5) is 13.2. The van der Waals surface area contributed by atoms with Crippen LogP contribution in [-0.4, -0.2) is 29.0 Å². The molecule has 3 aromatic rings. The van der Waals surface area contributed by atoms with Crippen LogP contribution in [-0.2, 0) is 0 Å². The number of rotatable bonds is 2. The first-order chi connectivity index (χ1) is 9.95. The topological polar surface area (TPSA) is 44.8 Å². The lowest BCUT2D eigenvalue weighted by Crippen LogP contribution is -2.10. The number of hydrogen-bond acceptors (Lipinski definition) is 3. The Morgan fingerprint density at radius 3 is 2.29 bits per heavy atom. The lowest BCUT2D eigenvalue weighted by atomic mass is 10.2. The van der Waals surface area contributed by atoms with Crippen LogP contribution >= 0.6 is 0 Å². The molecule has 2 heterocycles. The molecule has 0 fully saturated rings. The zero-order chi connectivity index (χ0) is 15.1. The second kappa shape index (κ2) is 4.76. The van der Waals surface area contributed by atoms with E-state index in [9.17, 15) is 13.2 Å². The van der Waals surface area contributed by atoms with E-state index in [1.807, 2.05) is 19.0 Å². The van der Waals surface area contributed by atoms with Gasteiger partial charge >= 0.3 is 0 Å². The van der Waals surface area contributed by atoms with E-state index in [-0.39, 0.29) is 11.4 Å². The van der Waals surface area contributed by atoms with Gasteiger partial charge in [0.25, 0.3) is 0 Å². The van der Waals surface area contributed by atoms with Crippen molar-refractivity contribution >= 4 is 17.0 Å². The molecule has 0 amide bonds. The number of aromatic amines is 1. The number of nitrogens with zero attached hydrogens (tertiary/aromatic N) is 3. The van der Waals surface area contributed by atoms with Crippen molar-refractivity contribution in [2.45, 2.75) is 0 Å². The van der Waals surface area contributed by atoms with E-state index in [4.69, 9.17) is 0 Å². The Bertz CT molecular complexity index is 803. The highest BCUT2D eigenvalue weighted by Gasteiger charge is 2.14. The first kappa shape index (κ1) is 13.4. The van der Waals surface area contributed by atoms with Gasteiger partial charge < -0.3 is 9.88 Å². The Hall–Kier alpha value is -2.57. The molecule has 1 aromatic carbocycles. The summed E-state index contributed by atoms with van der Waals surface area (Å²) in [7, 11) is 3.68. The number of pyridine rings is 1. The molecule has 0 spiro atoms. The summed E-state index contributed by atoms with van der Waals surface area (Å²) in [6, 6.07) is 5.34. The van der Waals surface area contributed by atoms with E-state index in [0.29, 0.717) is 17.0 Å². The first-order valence-corrected chi connectivity index (χ1v) is 6.14. The predicted octanol–water partition coefficient (Wildman–Crippen LogP) is 3.11. The van der Waals surface area contributed by atoms with Crippen molar-refractivity contribution in [1.29, 1.82) is 0 Å². The number of aromatic nitrogens is 3. The molecule has 0 aliphatic carbocycles. The molecule has 0 bridgehead atoms. The minimum absolute atomic E-state index is 0.121. The Morgan fingerprint density at radius 1 is 1.00 bits per heavy atom. The van der Waals surface area contributed by atoms with Crippen LogP contribution in [0.1, 0.15) is 0 Å². The van der Waals surface area contributed by atoms with Crippen LogP contribution in [0.15, 0.2) is 24.3 Å². The van der Waals surface area contributed by atoms with Gasteiger partial charge in [0.1, 0.15) is 11.6 Å². The zero-order valence-corrected chi connectivity index (χ0v) is 11.3. The number of benzene rings is 1. The number of fused-ring (bicyclic) bond motifs is 1. The first-order valence-electron chi connectivity index (χ1n) is 6.14. The summed E-state index contributed by atoms with van der Waals surface area (Å²) in [5, 5.41) is 0. The fourth-order valence-corrected chi connectivity index (χ4v) is 1.96. The second-order valence-corrected chi connectivity index (χ2v) is 4.77. The fourth-order valence-electron chi connectivity index (χ4n) is 1.96. The van der Waals surface area contributed by atoms with Crippen molar-refractivity contribution in [1.82, 2.24) is 15.0 Å². The maximum absolute atomic E-state index is 13.3. The van der Waals surface area contributed by atoms with Crippen LogP contribution in [0.2, 0.25) is 0 Å². The van der Waals surface area contributed by atoms with Gasteiger partial charge in [0.15, 0.2) is 23.1 Å². The Balaban J connectivity index is 2.13. The summed E-state index contributed by atoms with van der Waals surface area (Å²) in [6.07, 6.45) is 0. The quantitative estimate of drug-likeness (QED) is 0.738. The molecule has 7 heteroatoms. The van der Waals surface area contributed by atoms with E-state index < -0.39 is 17.5 Å². The summed E-state index contributed by atoms with van der Waals surface area (Å²) < 4.78 is 39.5. The van der Waals surface area contributed by atoms with E-state index in [1.54, 1.807) is 12.1 Å². The number of anilines is 1. The molecule has 1 N–H and O–H groups in total. The Kier molecular flexibility index (Phi) is 3.04. The number of halogens is 3. The average molecular weight is 292 g/mol. The predicted molar refractivity (Wildman–Crippen MR) is 73.5 cm³/mol. The second-order valence-electron chi connectivity index (χ2n) is 4.77. The van der Waals surface area contributed by atoms with Gasteiger partial charge in [-0.2, -0.15) is 0 Å². The summed E-state index contributed by atoms with van der Waals surface area (Å²) in [5.74, 6) is -3.08. The molecule has 2 aromatic heterocycles. The number of hydrogen-bond donors (Lipinski definition) is 1. The van der Waals surface area contributed by atoms with Crippen molar-refractivity contribution in [2.24, 2.45) is 0 Å². The maximum Gasteiger partial charge on any atom is 0.194 e. The van der Waals surface area contributed by atoms with Crippen LogP contribution in [0.3, 0.4) is 0 Å². The minimum Gasteiger partial charge on any atom is -0.363 e. The molecule has 0 aliphatic heterocycles. The van der Waals surface area contributed by atoms with Crippen LogP contribution in [0, 0.1) is 17.5 Å². The van der Waals surface area contributed by atoms with E-state index in [0.717, 1.165) is 12.1 Å². The van der Waals surface area contributed by atoms with Gasteiger partial charge in [0, 0.05) is 19.7 Å². The molecule has 0 saturated carbocycles. The van der Waals surface area contributed by atoms with Gasteiger partial charge in [-0.15, -0.1) is 0 Å². The van der Waals surface area contributed by atoms with Crippen LogP contribution in [0.4, 0.5) is 19.0 Å². The molecule has 3 rings (SSSR count). The smallest absolute Gasteiger partial charge is 0.194 e. The van der Waals surface area contributed by atoms with Crippen molar-refractivity contribution in [3.63, 3.8) is 0 Å². The highest BCUT2D eigenvalue weighted by molar-refractivity contribution is 5.77. The molecule has 4 nitrogen and oxygen atoms in total. The largest absolute Gasteiger partial charge is 0.363 e. The van der Waals surface area contributed by atoms with Crippen molar-refractivity contribution in [2.75, 3.05) is 19.0 Å². The van der Waals surface area contributed by atoms with Crippen molar-refractivity contribution < 1.29 is 13.2 Å². The lowest BCUT2D eigenvalue weighted by Gasteiger charge is -2.09. The number of H-pyrrole nitrogens is 1. The van der Waals surface area contributed by atoms with E-state index >= 15 is 0 Å². The summed E-state index contributed by atoms with van der Waals surface area (Å²) in [5.41, 5.74) is 1.16. The van der Waals surface area contributed by atoms with Gasteiger partial charge in [0.2, 0.25) is 0 Å². The molecule has 108 valence electrons. The third kappa shape index (κ3) is 2.31. The summed E-state index contributed by atoms with van der Waals surface area (Å²) in [6.45, 7) is 0. The molecule has 0 radical (unpaired) electrons. The molecule has 21 heavy (non-hydrogen) atoms. The van der Waals surface area contributed by atoms with Gasteiger partial charge in [-0.1, -0.05) is 0 Å². The highest BCUT2D eigenvalue weighted by atomic mass is 19.2. The third-order valence-corrected chi connectivity index (χ3v) is 3.05. The molecular formula is C14H11F3N4. The normalized spacial score (nSPS) is 11.1. The fraction of sp³-hybridized carbons (Fsp3) is 0.143. The third-order valence-electron chi connectivity index (χ3n) is 3.05. The number of imidazole rings is 1. The Morgan fingerprint density at radius 2 is 1.67 bits per heavy atom. The minimum atomic E-state index is -1.50. The van der Waals surface area contributed by atoms with Gasteiger partial charge in [-0.05, 0) is 24.3 Å². The standard InChI is InChI=1S/C14H11F3N4/c1-21(2)11-4-3-10-14(19-11)20-13(18-10)7-5-8(15)12(17)9(16)6-7/h3-6H,1-2H3,(H,18,19,20).